The summed E-state index contributed by atoms with van der Waals surface area (Å²) in [6.07, 6.45) is 8.06. The fourth-order valence-corrected chi connectivity index (χ4v) is 3.31. The molecule has 0 aromatic carbocycles. The van der Waals surface area contributed by atoms with Crippen LogP contribution in [0.1, 0.15) is 32.3 Å². The molecule has 2 atom stereocenters. The predicted octanol–water partition coefficient (Wildman–Crippen LogP) is 1.42. The molecule has 19 heavy (non-hydrogen) atoms. The van der Waals surface area contributed by atoms with Crippen LogP contribution in [0.25, 0.3) is 0 Å². The van der Waals surface area contributed by atoms with Crippen molar-refractivity contribution in [3.05, 3.63) is 18.0 Å². The maximum absolute atomic E-state index is 4.25. The molecule has 1 N–H and O–H groups in total. The van der Waals surface area contributed by atoms with Gasteiger partial charge >= 0.3 is 0 Å². The van der Waals surface area contributed by atoms with E-state index in [9.17, 15) is 0 Å². The number of nitrogens with zero attached hydrogens (tertiary/aromatic N) is 3. The second kappa shape index (κ2) is 4.91. The van der Waals surface area contributed by atoms with Crippen LogP contribution >= 0.6 is 0 Å². The van der Waals surface area contributed by atoms with Gasteiger partial charge in [-0.15, -0.1) is 0 Å². The van der Waals surface area contributed by atoms with Gasteiger partial charge in [-0.1, -0.05) is 0 Å². The maximum Gasteiger partial charge on any atom is 0.0522 e. The highest BCUT2D eigenvalue weighted by Crippen LogP contribution is 2.41. The van der Waals surface area contributed by atoms with Gasteiger partial charge in [0.2, 0.25) is 0 Å². The average molecular weight is 262 g/mol. The summed E-state index contributed by atoms with van der Waals surface area (Å²) in [7, 11) is 1.99. The van der Waals surface area contributed by atoms with Crippen LogP contribution in [-0.2, 0) is 13.5 Å². The van der Waals surface area contributed by atoms with Crippen LogP contribution in [0.3, 0.4) is 0 Å². The summed E-state index contributed by atoms with van der Waals surface area (Å²) in [5, 5.41) is 8.03. The van der Waals surface area contributed by atoms with Crippen LogP contribution < -0.4 is 5.32 Å². The van der Waals surface area contributed by atoms with Crippen molar-refractivity contribution in [2.45, 2.75) is 44.7 Å². The Bertz CT molecular complexity index is 437. The highest BCUT2D eigenvalue weighted by atomic mass is 15.3. The molecule has 1 aliphatic heterocycles. The number of aromatic nitrogens is 2. The van der Waals surface area contributed by atoms with Crippen molar-refractivity contribution >= 4 is 0 Å². The molecule has 2 aliphatic rings. The Morgan fingerprint density at radius 1 is 1.47 bits per heavy atom. The molecule has 1 aromatic heterocycles. The molecule has 1 saturated carbocycles. The fraction of sp³-hybridized carbons (Fsp3) is 0.800. The van der Waals surface area contributed by atoms with Crippen LogP contribution in [-0.4, -0.2) is 45.9 Å². The highest BCUT2D eigenvalue weighted by Gasteiger charge is 2.45. The summed E-state index contributed by atoms with van der Waals surface area (Å²) in [4.78, 5) is 2.65. The first-order valence-corrected chi connectivity index (χ1v) is 7.53. The Morgan fingerprint density at radius 2 is 2.26 bits per heavy atom. The number of rotatable bonds is 4. The second-order valence-corrected chi connectivity index (χ2v) is 6.66. The topological polar surface area (TPSA) is 33.1 Å². The lowest BCUT2D eigenvalue weighted by Crippen LogP contribution is -2.63. The molecule has 1 aromatic rings. The van der Waals surface area contributed by atoms with Crippen LogP contribution in [0.15, 0.2) is 12.4 Å². The molecule has 0 spiro atoms. The largest absolute Gasteiger partial charge is 0.308 e. The van der Waals surface area contributed by atoms with Crippen LogP contribution in [0.5, 0.6) is 0 Å². The van der Waals surface area contributed by atoms with Gasteiger partial charge in [-0.25, -0.2) is 0 Å². The first-order chi connectivity index (χ1) is 9.07. The molecule has 106 valence electrons. The van der Waals surface area contributed by atoms with E-state index in [1.807, 2.05) is 17.9 Å². The Labute approximate surface area is 116 Å². The van der Waals surface area contributed by atoms with Crippen molar-refractivity contribution in [3.63, 3.8) is 0 Å². The second-order valence-electron chi connectivity index (χ2n) is 6.66. The predicted molar refractivity (Wildman–Crippen MR) is 77.1 cm³/mol. The van der Waals surface area contributed by atoms with E-state index in [1.165, 1.54) is 24.9 Å². The smallest absolute Gasteiger partial charge is 0.0522 e. The molecule has 2 fully saturated rings. The molecule has 4 nitrogen and oxygen atoms in total. The van der Waals surface area contributed by atoms with E-state index in [0.29, 0.717) is 11.6 Å². The zero-order chi connectivity index (χ0) is 13.5. The van der Waals surface area contributed by atoms with Gasteiger partial charge in [0, 0.05) is 44.5 Å². The zero-order valence-electron chi connectivity index (χ0n) is 12.4. The molecule has 2 heterocycles. The quantitative estimate of drug-likeness (QED) is 0.891. The fourth-order valence-electron chi connectivity index (χ4n) is 3.31. The molecule has 0 bridgehead atoms. The molecule has 0 radical (unpaired) electrons. The van der Waals surface area contributed by atoms with Gasteiger partial charge in [0.05, 0.1) is 6.20 Å². The van der Waals surface area contributed by atoms with E-state index >= 15 is 0 Å². The van der Waals surface area contributed by atoms with E-state index in [0.717, 1.165) is 25.4 Å². The minimum Gasteiger partial charge on any atom is -0.308 e. The van der Waals surface area contributed by atoms with Crippen molar-refractivity contribution < 1.29 is 0 Å². The lowest BCUT2D eigenvalue weighted by atomic mass is 9.91. The normalized spacial score (nSPS) is 32.7. The lowest BCUT2D eigenvalue weighted by Gasteiger charge is -2.45. The number of hydrogen-bond donors (Lipinski definition) is 1. The number of hydrogen-bond acceptors (Lipinski definition) is 3. The molecule has 2 unspecified atom stereocenters. The Balaban J connectivity index is 1.59. The molecule has 0 amide bonds. The third-order valence-electron chi connectivity index (χ3n) is 4.88. The summed E-state index contributed by atoms with van der Waals surface area (Å²) >= 11 is 0. The Morgan fingerprint density at radius 3 is 2.89 bits per heavy atom. The minimum atomic E-state index is 0.349. The summed E-state index contributed by atoms with van der Waals surface area (Å²) in [6, 6.07) is 0.642. The summed E-state index contributed by atoms with van der Waals surface area (Å²) in [5.74, 6) is 0.904. The van der Waals surface area contributed by atoms with Gasteiger partial charge in [0.15, 0.2) is 0 Å². The lowest BCUT2D eigenvalue weighted by molar-refractivity contribution is 0.0844. The van der Waals surface area contributed by atoms with Gasteiger partial charge in [-0.3, -0.25) is 9.58 Å². The number of nitrogens with one attached hydrogen (secondary N) is 1. The van der Waals surface area contributed by atoms with E-state index in [-0.39, 0.29) is 0 Å². The SMILES string of the molecule is CC1CNC(C)(C2CC2)CN1CCc1cnn(C)c1. The standard InChI is InChI=1S/C15H26N4/c1-12-8-16-15(2,14-4-5-14)11-19(12)7-6-13-9-17-18(3)10-13/h9-10,12,14,16H,4-8,11H2,1-3H3. The van der Waals surface area contributed by atoms with Crippen molar-refractivity contribution in [1.82, 2.24) is 20.0 Å². The van der Waals surface area contributed by atoms with E-state index in [2.05, 4.69) is 35.4 Å². The van der Waals surface area contributed by atoms with Crippen LogP contribution in [0.2, 0.25) is 0 Å². The third kappa shape index (κ3) is 2.84. The first kappa shape index (κ1) is 13.1. The first-order valence-electron chi connectivity index (χ1n) is 7.53. The maximum atomic E-state index is 4.25. The minimum absolute atomic E-state index is 0.349. The average Bonchev–Trinajstić information content (AvgIpc) is 3.16. The summed E-state index contributed by atoms with van der Waals surface area (Å²) in [6.45, 7) is 8.21. The van der Waals surface area contributed by atoms with Crippen molar-refractivity contribution in [3.8, 4) is 0 Å². The highest BCUT2D eigenvalue weighted by molar-refractivity contribution is 5.06. The van der Waals surface area contributed by atoms with Gasteiger partial charge in [0.1, 0.15) is 0 Å². The van der Waals surface area contributed by atoms with Crippen molar-refractivity contribution in [2.24, 2.45) is 13.0 Å². The van der Waals surface area contributed by atoms with Crippen LogP contribution in [0, 0.1) is 5.92 Å². The van der Waals surface area contributed by atoms with Gasteiger partial charge < -0.3 is 5.32 Å². The number of aryl methyl sites for hydroxylation is 1. The number of piperazine rings is 1. The summed E-state index contributed by atoms with van der Waals surface area (Å²) < 4.78 is 1.89. The molecule has 1 saturated heterocycles. The molecular weight excluding hydrogens is 236 g/mol. The van der Waals surface area contributed by atoms with E-state index in [4.69, 9.17) is 0 Å². The monoisotopic (exact) mass is 262 g/mol. The van der Waals surface area contributed by atoms with Crippen molar-refractivity contribution in [2.75, 3.05) is 19.6 Å². The Kier molecular flexibility index (Phi) is 3.39. The summed E-state index contributed by atoms with van der Waals surface area (Å²) in [5.41, 5.74) is 1.70. The van der Waals surface area contributed by atoms with Crippen molar-refractivity contribution in [1.29, 1.82) is 0 Å². The van der Waals surface area contributed by atoms with Gasteiger partial charge in [-0.05, 0) is 44.6 Å². The van der Waals surface area contributed by atoms with Crippen LogP contribution in [0.4, 0.5) is 0 Å². The van der Waals surface area contributed by atoms with E-state index < -0.39 is 0 Å². The Hall–Kier alpha value is -0.870. The zero-order valence-corrected chi connectivity index (χ0v) is 12.4. The molecule has 3 rings (SSSR count). The van der Waals surface area contributed by atoms with Gasteiger partial charge in [-0.2, -0.15) is 5.10 Å². The van der Waals surface area contributed by atoms with Gasteiger partial charge in [0.25, 0.3) is 0 Å². The molecule has 4 heteroatoms. The van der Waals surface area contributed by atoms with E-state index in [1.54, 1.807) is 0 Å². The molecular formula is C15H26N4. The molecule has 1 aliphatic carbocycles. The third-order valence-corrected chi connectivity index (χ3v) is 4.88.